The fourth-order valence-corrected chi connectivity index (χ4v) is 3.13. The average Bonchev–Trinajstić information content (AvgIpc) is 2.84. The lowest BCUT2D eigenvalue weighted by Gasteiger charge is -2.15. The first kappa shape index (κ1) is 26.2. The summed E-state index contributed by atoms with van der Waals surface area (Å²) < 4.78 is 6.03. The van der Waals surface area contributed by atoms with Crippen LogP contribution in [0.15, 0.2) is 83.9 Å². The normalized spacial score (nSPS) is 10.7. The number of carbonyl (C=O) groups is 1. The first-order valence-electron chi connectivity index (χ1n) is 10.6. The minimum Gasteiger partial charge on any atom is -0.489 e. The van der Waals surface area contributed by atoms with E-state index in [1.54, 1.807) is 26.0 Å². The van der Waals surface area contributed by atoms with E-state index in [0.717, 1.165) is 22.4 Å². The minimum atomic E-state index is -0.00451. The summed E-state index contributed by atoms with van der Waals surface area (Å²) in [6.45, 7) is 1.71. The molecule has 1 amide bonds. The molecular formula is C26H31IN4O2. The van der Waals surface area contributed by atoms with Crippen molar-refractivity contribution in [2.75, 3.05) is 21.1 Å². The summed E-state index contributed by atoms with van der Waals surface area (Å²) >= 11 is 0. The van der Waals surface area contributed by atoms with Gasteiger partial charge in [-0.3, -0.25) is 9.79 Å². The van der Waals surface area contributed by atoms with Crippen molar-refractivity contribution in [1.29, 1.82) is 0 Å². The Bertz CT molecular complexity index is 1040. The van der Waals surface area contributed by atoms with Gasteiger partial charge in [0.15, 0.2) is 5.96 Å². The minimum absolute atomic E-state index is 0. The highest BCUT2D eigenvalue weighted by Gasteiger charge is 2.08. The Balaban J connectivity index is 0.00000385. The van der Waals surface area contributed by atoms with Gasteiger partial charge in [0.2, 0.25) is 0 Å². The number of hydrogen-bond donors (Lipinski definition) is 2. The predicted octanol–water partition coefficient (Wildman–Crippen LogP) is 4.45. The molecule has 0 bridgehead atoms. The molecule has 0 aliphatic carbocycles. The molecule has 3 aromatic rings. The molecule has 0 aliphatic rings. The molecule has 6 nitrogen and oxygen atoms in total. The van der Waals surface area contributed by atoms with Crippen molar-refractivity contribution in [3.8, 4) is 5.75 Å². The van der Waals surface area contributed by atoms with Crippen molar-refractivity contribution in [1.82, 2.24) is 15.5 Å². The maximum absolute atomic E-state index is 12.0. The van der Waals surface area contributed by atoms with Gasteiger partial charge in [0, 0.05) is 45.4 Å². The van der Waals surface area contributed by atoms with Crippen molar-refractivity contribution >= 4 is 35.8 Å². The lowest BCUT2D eigenvalue weighted by molar-refractivity contribution is 0.0827. The molecule has 0 spiro atoms. The third-order valence-electron chi connectivity index (χ3n) is 4.95. The lowest BCUT2D eigenvalue weighted by Crippen LogP contribution is -2.36. The molecule has 0 atom stereocenters. The molecule has 33 heavy (non-hydrogen) atoms. The van der Waals surface area contributed by atoms with Gasteiger partial charge in [-0.1, -0.05) is 60.7 Å². The molecule has 0 heterocycles. The molecule has 174 valence electrons. The highest BCUT2D eigenvalue weighted by Crippen LogP contribution is 2.19. The molecular weight excluding hydrogens is 527 g/mol. The number of benzene rings is 3. The summed E-state index contributed by atoms with van der Waals surface area (Å²) in [5.74, 6) is 1.53. The second kappa shape index (κ2) is 13.5. The van der Waals surface area contributed by atoms with Gasteiger partial charge < -0.3 is 20.3 Å². The Morgan fingerprint density at radius 2 is 1.48 bits per heavy atom. The van der Waals surface area contributed by atoms with Crippen molar-refractivity contribution in [3.63, 3.8) is 0 Å². The van der Waals surface area contributed by atoms with E-state index in [9.17, 15) is 4.79 Å². The van der Waals surface area contributed by atoms with Crippen LogP contribution in [0.1, 0.15) is 27.0 Å². The van der Waals surface area contributed by atoms with E-state index < -0.39 is 0 Å². The van der Waals surface area contributed by atoms with Crippen LogP contribution in [0.2, 0.25) is 0 Å². The van der Waals surface area contributed by atoms with Gasteiger partial charge in [-0.25, -0.2) is 0 Å². The highest BCUT2D eigenvalue weighted by molar-refractivity contribution is 14.0. The summed E-state index contributed by atoms with van der Waals surface area (Å²) in [5, 5.41) is 6.64. The highest BCUT2D eigenvalue weighted by atomic mass is 127. The average molecular weight is 558 g/mol. The molecule has 3 aromatic carbocycles. The maximum Gasteiger partial charge on any atom is 0.253 e. The van der Waals surface area contributed by atoms with E-state index in [1.807, 2.05) is 66.7 Å². The monoisotopic (exact) mass is 558 g/mol. The van der Waals surface area contributed by atoms with Gasteiger partial charge in [-0.05, 0) is 29.3 Å². The van der Waals surface area contributed by atoms with Crippen LogP contribution in [0.25, 0.3) is 0 Å². The summed E-state index contributed by atoms with van der Waals surface area (Å²) in [4.78, 5) is 17.9. The van der Waals surface area contributed by atoms with Crippen LogP contribution in [0.4, 0.5) is 0 Å². The van der Waals surface area contributed by atoms with Gasteiger partial charge in [0.1, 0.15) is 12.4 Å². The van der Waals surface area contributed by atoms with Crippen LogP contribution in [0.5, 0.6) is 5.75 Å². The van der Waals surface area contributed by atoms with E-state index in [-0.39, 0.29) is 29.9 Å². The number of para-hydroxylation sites is 1. The van der Waals surface area contributed by atoms with Crippen molar-refractivity contribution in [2.24, 2.45) is 4.99 Å². The third-order valence-corrected chi connectivity index (χ3v) is 4.95. The number of carbonyl (C=O) groups excluding carboxylic acids is 1. The standard InChI is InChI=1S/C26H30N4O2.HI/c1-27-26(28-17-20-13-15-22(16-14-20)25(31)30(2)3)29-18-23-11-7-8-12-24(23)32-19-21-9-5-4-6-10-21;/h4-16H,17-19H2,1-3H3,(H2,27,28,29);1H. The zero-order valence-corrected chi connectivity index (χ0v) is 21.6. The fourth-order valence-electron chi connectivity index (χ4n) is 3.13. The van der Waals surface area contributed by atoms with Crippen molar-refractivity contribution < 1.29 is 9.53 Å². The van der Waals surface area contributed by atoms with E-state index in [2.05, 4.69) is 27.8 Å². The Kier molecular flexibility index (Phi) is 10.7. The first-order chi connectivity index (χ1) is 15.6. The second-order valence-corrected chi connectivity index (χ2v) is 7.56. The number of hydrogen-bond acceptors (Lipinski definition) is 3. The molecule has 0 unspecified atom stereocenters. The third kappa shape index (κ3) is 8.09. The van der Waals surface area contributed by atoms with Gasteiger partial charge in [0.05, 0.1) is 0 Å². The smallest absolute Gasteiger partial charge is 0.253 e. The number of nitrogens with zero attached hydrogens (tertiary/aromatic N) is 2. The van der Waals surface area contributed by atoms with Crippen molar-refractivity contribution in [3.05, 3.63) is 101 Å². The zero-order valence-electron chi connectivity index (χ0n) is 19.2. The molecule has 3 rings (SSSR count). The number of amides is 1. The predicted molar refractivity (Wildman–Crippen MR) is 144 cm³/mol. The molecule has 0 saturated carbocycles. The van der Waals surface area contributed by atoms with Crippen molar-refractivity contribution in [2.45, 2.75) is 19.7 Å². The Labute approximate surface area is 213 Å². The number of ether oxygens (including phenoxy) is 1. The maximum atomic E-state index is 12.0. The van der Waals surface area contributed by atoms with Crippen LogP contribution >= 0.6 is 24.0 Å². The number of aliphatic imine (C=N–C) groups is 1. The first-order valence-corrected chi connectivity index (χ1v) is 10.6. The Morgan fingerprint density at radius 3 is 2.15 bits per heavy atom. The molecule has 2 N–H and O–H groups in total. The molecule has 0 aliphatic heterocycles. The summed E-state index contributed by atoms with van der Waals surface area (Å²) in [6, 6.07) is 25.7. The fraction of sp³-hybridized carbons (Fsp3) is 0.231. The molecule has 0 radical (unpaired) electrons. The Hall–Kier alpha value is -3.07. The van der Waals surface area contributed by atoms with Crippen LogP contribution in [-0.4, -0.2) is 37.9 Å². The van der Waals surface area contributed by atoms with E-state index >= 15 is 0 Å². The van der Waals surface area contributed by atoms with E-state index in [0.29, 0.717) is 31.2 Å². The summed E-state index contributed by atoms with van der Waals surface area (Å²) in [7, 11) is 5.24. The SMILES string of the molecule is CN=C(NCc1ccc(C(=O)N(C)C)cc1)NCc1ccccc1OCc1ccccc1.I. The Morgan fingerprint density at radius 1 is 0.848 bits per heavy atom. The van der Waals surface area contributed by atoms with E-state index in [1.165, 1.54) is 0 Å². The van der Waals surface area contributed by atoms with Crippen LogP contribution in [0.3, 0.4) is 0 Å². The van der Waals surface area contributed by atoms with Gasteiger partial charge in [0.25, 0.3) is 5.91 Å². The van der Waals surface area contributed by atoms with Crippen LogP contribution in [0, 0.1) is 0 Å². The molecule has 0 fully saturated rings. The van der Waals surface area contributed by atoms with E-state index in [4.69, 9.17) is 4.74 Å². The van der Waals surface area contributed by atoms with Gasteiger partial charge >= 0.3 is 0 Å². The number of halogens is 1. The lowest BCUT2D eigenvalue weighted by atomic mass is 10.1. The topological polar surface area (TPSA) is 66.0 Å². The quantitative estimate of drug-likeness (QED) is 0.244. The number of guanidine groups is 1. The summed E-state index contributed by atoms with van der Waals surface area (Å²) in [6.07, 6.45) is 0. The van der Waals surface area contributed by atoms with Gasteiger partial charge in [-0.2, -0.15) is 0 Å². The largest absolute Gasteiger partial charge is 0.489 e. The molecule has 7 heteroatoms. The number of nitrogens with one attached hydrogen (secondary N) is 2. The molecule has 0 aromatic heterocycles. The van der Waals surface area contributed by atoms with Gasteiger partial charge in [-0.15, -0.1) is 24.0 Å². The van der Waals surface area contributed by atoms with Crippen LogP contribution < -0.4 is 15.4 Å². The van der Waals surface area contributed by atoms with Crippen LogP contribution in [-0.2, 0) is 19.7 Å². The summed E-state index contributed by atoms with van der Waals surface area (Å²) in [5.41, 5.74) is 3.92. The molecule has 0 saturated heterocycles. The second-order valence-electron chi connectivity index (χ2n) is 7.56. The number of rotatable bonds is 8. The zero-order chi connectivity index (χ0) is 22.8.